The number of carbonyl (C=O) groups is 2. The number of hydrogen-bond acceptors (Lipinski definition) is 28. The first-order chi connectivity index (χ1) is 45.6. The van der Waals surface area contributed by atoms with Crippen molar-refractivity contribution >= 4 is 11.9 Å². The third-order valence-corrected chi connectivity index (χ3v) is 29.7. The van der Waals surface area contributed by atoms with Gasteiger partial charge >= 0.3 is 16.5 Å². The van der Waals surface area contributed by atoms with Crippen LogP contribution in [0.15, 0.2) is 0 Å². The summed E-state index contributed by atoms with van der Waals surface area (Å²) in [6, 6.07) is -3.70. The molecule has 18 fully saturated rings. The van der Waals surface area contributed by atoms with E-state index in [1.807, 2.05) is 0 Å². The fourth-order valence-corrected chi connectivity index (χ4v) is 25.5. The van der Waals surface area contributed by atoms with Gasteiger partial charge in [-0.3, -0.25) is 85.1 Å². The SMILES string of the molecule is NC1CCCC2C3NC4NC(NC5NC(NC6NC(NC(N3)C12)C1C(N)C(N)C(N)C(C(=O)[O-])C61)C1CCCCC51)C1CCCCC41.NC1CCCC2C3NC4NC(NC5NC(NC6NC(NC(N3)C12)C1C(N)C(N)C(N)C(C(=O)[O-])C61)C1CCCCC51)C1CCCCC41.[Ni+2]. The van der Waals surface area contributed by atoms with Crippen molar-refractivity contribution in [3.63, 3.8) is 0 Å². The molecular formula is C66H118N24NiO4. The molecule has 8 saturated carbocycles. The van der Waals surface area contributed by atoms with Crippen molar-refractivity contribution < 1.29 is 36.3 Å². The normalized spacial score (nSPS) is 58.1. The Morgan fingerprint density at radius 2 is 0.411 bits per heavy atom. The zero-order chi connectivity index (χ0) is 64.3. The average molecular weight is 1370 g/mol. The molecular weight excluding hydrogens is 1250 g/mol. The van der Waals surface area contributed by atoms with Crippen molar-refractivity contribution in [3.8, 4) is 0 Å². The second-order valence-corrected chi connectivity index (χ2v) is 33.9. The maximum absolute atomic E-state index is 12.8. The van der Waals surface area contributed by atoms with Crippen LogP contribution in [0.5, 0.6) is 0 Å². The molecule has 42 unspecified atom stereocenters. The number of fused-ring (bicyclic) bond motifs is 40. The van der Waals surface area contributed by atoms with Crippen LogP contribution < -0.4 is 141 Å². The van der Waals surface area contributed by atoms with Crippen LogP contribution in [0.2, 0.25) is 0 Å². The molecule has 0 radical (unpaired) electrons. The number of carboxylic acids is 2. The minimum atomic E-state index is -1.15. The van der Waals surface area contributed by atoms with Crippen LogP contribution in [-0.4, -0.2) is 159 Å². The number of nitrogens with one attached hydrogen (secondary N) is 16. The summed E-state index contributed by atoms with van der Waals surface area (Å²) in [5, 5.41) is 89.8. The molecule has 10 saturated heterocycles. The average Bonchev–Trinajstić information content (AvgIpc) is 1.61. The van der Waals surface area contributed by atoms with Gasteiger partial charge in [0, 0.05) is 108 Å². The zero-order valence-corrected chi connectivity index (χ0v) is 56.4. The molecule has 16 bridgehead atoms. The number of nitrogens with two attached hydrogens (primary N) is 8. The molecule has 0 aromatic carbocycles. The molecule has 0 amide bonds. The molecule has 536 valence electrons. The first-order valence-electron chi connectivity index (χ1n) is 38.2. The van der Waals surface area contributed by atoms with Gasteiger partial charge in [-0.2, -0.15) is 0 Å². The fraction of sp³-hybridized carbons (Fsp3) is 0.970. The van der Waals surface area contributed by atoms with Gasteiger partial charge in [-0.25, -0.2) is 0 Å². The van der Waals surface area contributed by atoms with Crippen molar-refractivity contribution in [2.45, 2.75) is 288 Å². The van der Waals surface area contributed by atoms with Crippen LogP contribution in [-0.2, 0) is 26.1 Å². The molecule has 0 spiro atoms. The van der Waals surface area contributed by atoms with Crippen LogP contribution in [0.3, 0.4) is 0 Å². The van der Waals surface area contributed by atoms with E-state index in [4.69, 9.17) is 45.9 Å². The summed E-state index contributed by atoms with van der Waals surface area (Å²) in [5.74, 6) is 0.0381. The molecule has 18 rings (SSSR count). The first-order valence-corrected chi connectivity index (χ1v) is 38.2. The van der Waals surface area contributed by atoms with Gasteiger partial charge in [0.1, 0.15) is 0 Å². The summed E-state index contributed by atoms with van der Waals surface area (Å²) in [4.78, 5) is 25.7. The van der Waals surface area contributed by atoms with Crippen molar-refractivity contribution in [3.05, 3.63) is 0 Å². The molecule has 42 atom stereocenters. The van der Waals surface area contributed by atoms with E-state index >= 15 is 0 Å². The Kier molecular flexibility index (Phi) is 19.5. The number of aliphatic carboxylic acids is 2. The summed E-state index contributed by atoms with van der Waals surface area (Å²) in [6.45, 7) is 0. The third-order valence-electron chi connectivity index (χ3n) is 29.7. The molecule has 18 aliphatic rings. The van der Waals surface area contributed by atoms with Crippen LogP contribution >= 0.6 is 0 Å². The topological polar surface area (TPSA) is 481 Å². The second kappa shape index (κ2) is 27.3. The monoisotopic (exact) mass is 1370 g/mol. The van der Waals surface area contributed by atoms with E-state index in [1.54, 1.807) is 0 Å². The maximum atomic E-state index is 12.8. The summed E-state index contributed by atoms with van der Waals surface area (Å²) in [5.41, 5.74) is 54.1. The Morgan fingerprint density at radius 1 is 0.221 bits per heavy atom. The van der Waals surface area contributed by atoms with Gasteiger partial charge in [0.15, 0.2) is 0 Å². The molecule has 8 aliphatic carbocycles. The van der Waals surface area contributed by atoms with E-state index in [2.05, 4.69) is 85.1 Å². The Hall–Kier alpha value is -1.53. The maximum Gasteiger partial charge on any atom is 2.00 e. The Labute approximate surface area is 571 Å². The molecule has 28 nitrogen and oxygen atoms in total. The van der Waals surface area contributed by atoms with Crippen LogP contribution in [0.25, 0.3) is 0 Å². The van der Waals surface area contributed by atoms with E-state index in [0.717, 1.165) is 51.4 Å². The molecule has 10 heterocycles. The molecule has 32 N–H and O–H groups in total. The molecule has 10 aliphatic heterocycles. The second-order valence-electron chi connectivity index (χ2n) is 33.9. The van der Waals surface area contributed by atoms with E-state index in [9.17, 15) is 19.8 Å². The Balaban J connectivity index is 0.000000148. The van der Waals surface area contributed by atoms with Crippen LogP contribution in [0.1, 0.15) is 141 Å². The number of carbonyl (C=O) groups excluding carboxylic acids is 2. The first kappa shape index (κ1) is 67.9. The predicted octanol–water partition coefficient (Wildman–Crippen LogP) is -7.34. The van der Waals surface area contributed by atoms with Crippen molar-refractivity contribution in [2.24, 2.45) is 152 Å². The number of carboxylic acid groups (broad SMARTS) is 2. The zero-order valence-electron chi connectivity index (χ0n) is 55.4. The van der Waals surface area contributed by atoms with Crippen molar-refractivity contribution in [1.29, 1.82) is 0 Å². The van der Waals surface area contributed by atoms with Crippen molar-refractivity contribution in [2.75, 3.05) is 0 Å². The predicted molar refractivity (Wildman–Crippen MR) is 349 cm³/mol. The smallest absolute Gasteiger partial charge is 0.550 e. The Bertz CT molecular complexity index is 2550. The van der Waals surface area contributed by atoms with Crippen molar-refractivity contribution in [1.82, 2.24) is 85.1 Å². The van der Waals surface area contributed by atoms with Crippen LogP contribution in [0, 0.1) is 107 Å². The largest absolute Gasteiger partial charge is 2.00 e. The van der Waals surface area contributed by atoms with E-state index < -0.39 is 60.0 Å². The fourth-order valence-electron chi connectivity index (χ4n) is 25.5. The number of hydrogen-bond donors (Lipinski definition) is 24. The molecule has 0 aromatic rings. The quantitative estimate of drug-likeness (QED) is 0.114. The summed E-state index contributed by atoms with van der Waals surface area (Å²) in [6.07, 6.45) is 26.5. The van der Waals surface area contributed by atoms with Gasteiger partial charge in [0.05, 0.1) is 98.7 Å². The summed E-state index contributed by atoms with van der Waals surface area (Å²) < 4.78 is 0. The minimum absolute atomic E-state index is 0. The molecule has 29 heteroatoms. The summed E-state index contributed by atoms with van der Waals surface area (Å²) >= 11 is 0. The van der Waals surface area contributed by atoms with Gasteiger partial charge in [-0.15, -0.1) is 0 Å². The third kappa shape index (κ3) is 11.7. The van der Waals surface area contributed by atoms with Gasteiger partial charge in [-0.1, -0.05) is 64.2 Å². The summed E-state index contributed by atoms with van der Waals surface area (Å²) in [7, 11) is 0. The van der Waals surface area contributed by atoms with Gasteiger partial charge in [0.2, 0.25) is 0 Å². The van der Waals surface area contributed by atoms with Crippen LogP contribution in [0.4, 0.5) is 0 Å². The molecule has 95 heavy (non-hydrogen) atoms. The van der Waals surface area contributed by atoms with Gasteiger partial charge in [0.25, 0.3) is 0 Å². The van der Waals surface area contributed by atoms with E-state index in [0.29, 0.717) is 59.2 Å². The Morgan fingerprint density at radius 3 is 0.653 bits per heavy atom. The standard InChI is InChI=1S/2C33H60N12O2.Ni/c2*34-17-11-5-10-16-18(17)30-43-29(16)41-27-13-7-2-1-6-12(13)25(39-27)38-26-14-8-3-4-9-15(14)28(40-26)42-31-19-20(32(44-30)45-31)22(35)24(37)23(36)21(19)33(46)47;/h2*12-32,38-45H,1-11,34-37H2,(H,46,47);/q;;+2/p-2. The van der Waals surface area contributed by atoms with Gasteiger partial charge < -0.3 is 65.7 Å². The van der Waals surface area contributed by atoms with E-state index in [1.165, 1.54) is 89.9 Å². The minimum Gasteiger partial charge on any atom is -0.550 e. The van der Waals surface area contributed by atoms with Gasteiger partial charge in [-0.05, 0) is 136 Å². The number of rotatable bonds is 2. The molecule has 0 aromatic heterocycles. The van der Waals surface area contributed by atoms with E-state index in [-0.39, 0.29) is 163 Å².